The number of nitrogens with two attached hydrogens (primary N) is 1. The Balaban J connectivity index is 1.65. The molecule has 0 fully saturated rings. The number of aromatic nitrogens is 2. The van der Waals surface area contributed by atoms with Crippen molar-refractivity contribution >= 4 is 39.1 Å². The standard InChI is InChI=1S/C18H19N3S2/c1-11-6-2-3-7-12(11)10-22-18-20-16(19)15-13-8-4-5-9-14(13)23-17(15)21-18/h2-3,6-7H,4-5,8-10H2,1H3,(H2,19,20,21). The van der Waals surface area contributed by atoms with Crippen molar-refractivity contribution in [2.45, 2.75) is 43.5 Å². The third-order valence-electron chi connectivity index (χ3n) is 4.44. The molecule has 0 spiro atoms. The lowest BCUT2D eigenvalue weighted by Gasteiger charge is -2.10. The van der Waals surface area contributed by atoms with Crippen molar-refractivity contribution < 1.29 is 0 Å². The third-order valence-corrected chi connectivity index (χ3v) is 6.52. The molecule has 4 rings (SSSR count). The van der Waals surface area contributed by atoms with Gasteiger partial charge in [0, 0.05) is 10.6 Å². The molecule has 1 aromatic carbocycles. The molecule has 0 saturated carbocycles. The first-order chi connectivity index (χ1) is 11.2. The summed E-state index contributed by atoms with van der Waals surface area (Å²) in [5.74, 6) is 1.53. The molecule has 1 aliphatic rings. The van der Waals surface area contributed by atoms with Crippen molar-refractivity contribution in [3.8, 4) is 0 Å². The molecule has 5 heteroatoms. The highest BCUT2D eigenvalue weighted by Crippen LogP contribution is 2.38. The highest BCUT2D eigenvalue weighted by Gasteiger charge is 2.20. The molecule has 0 unspecified atom stereocenters. The van der Waals surface area contributed by atoms with E-state index in [0.717, 1.165) is 27.5 Å². The first kappa shape index (κ1) is 15.0. The van der Waals surface area contributed by atoms with Crippen LogP contribution in [-0.4, -0.2) is 9.97 Å². The van der Waals surface area contributed by atoms with Crippen molar-refractivity contribution in [3.05, 3.63) is 45.8 Å². The Kier molecular flexibility index (Phi) is 3.99. The van der Waals surface area contributed by atoms with Crippen LogP contribution in [0.25, 0.3) is 10.2 Å². The second-order valence-corrected chi connectivity index (χ2v) is 8.02. The molecule has 1 aliphatic carbocycles. The molecule has 0 aliphatic heterocycles. The van der Waals surface area contributed by atoms with E-state index in [-0.39, 0.29) is 0 Å². The third kappa shape index (κ3) is 2.83. The second kappa shape index (κ2) is 6.13. The van der Waals surface area contributed by atoms with E-state index in [2.05, 4.69) is 36.2 Å². The molecule has 0 radical (unpaired) electrons. The molecule has 2 heterocycles. The van der Waals surface area contributed by atoms with E-state index in [1.807, 2.05) is 11.3 Å². The number of nitrogen functional groups attached to an aromatic ring is 1. The number of benzene rings is 1. The van der Waals surface area contributed by atoms with Gasteiger partial charge in [0.25, 0.3) is 0 Å². The SMILES string of the molecule is Cc1ccccc1CSc1nc(N)c2c3c(sc2n1)CCCC3. The van der Waals surface area contributed by atoms with Gasteiger partial charge in [-0.25, -0.2) is 9.97 Å². The number of thiophene rings is 1. The number of hydrogen-bond acceptors (Lipinski definition) is 5. The maximum absolute atomic E-state index is 6.27. The van der Waals surface area contributed by atoms with Gasteiger partial charge in [0.1, 0.15) is 10.6 Å². The Morgan fingerprint density at radius 1 is 1.17 bits per heavy atom. The zero-order chi connectivity index (χ0) is 15.8. The summed E-state index contributed by atoms with van der Waals surface area (Å²) in [6.45, 7) is 2.14. The molecule has 2 aromatic heterocycles. The van der Waals surface area contributed by atoms with Crippen LogP contribution in [0.1, 0.15) is 34.4 Å². The van der Waals surface area contributed by atoms with Gasteiger partial charge in [-0.1, -0.05) is 36.0 Å². The predicted molar refractivity (Wildman–Crippen MR) is 99.2 cm³/mol. The van der Waals surface area contributed by atoms with Gasteiger partial charge >= 0.3 is 0 Å². The van der Waals surface area contributed by atoms with Crippen LogP contribution in [0.15, 0.2) is 29.4 Å². The normalized spacial score (nSPS) is 14.1. The molecular weight excluding hydrogens is 322 g/mol. The largest absolute Gasteiger partial charge is 0.383 e. The van der Waals surface area contributed by atoms with Crippen molar-refractivity contribution in [1.29, 1.82) is 0 Å². The molecule has 118 valence electrons. The van der Waals surface area contributed by atoms with Gasteiger partial charge in [-0.2, -0.15) is 0 Å². The van der Waals surface area contributed by atoms with Crippen LogP contribution in [0.5, 0.6) is 0 Å². The van der Waals surface area contributed by atoms with E-state index in [0.29, 0.717) is 5.82 Å². The second-order valence-electron chi connectivity index (χ2n) is 6.00. The minimum absolute atomic E-state index is 0.654. The molecule has 3 aromatic rings. The highest BCUT2D eigenvalue weighted by atomic mass is 32.2. The number of rotatable bonds is 3. The Morgan fingerprint density at radius 3 is 2.87 bits per heavy atom. The van der Waals surface area contributed by atoms with Crippen LogP contribution in [0, 0.1) is 6.92 Å². The number of aryl methyl sites for hydroxylation is 3. The van der Waals surface area contributed by atoms with E-state index >= 15 is 0 Å². The number of anilines is 1. The van der Waals surface area contributed by atoms with E-state index in [1.165, 1.54) is 40.8 Å². The topological polar surface area (TPSA) is 51.8 Å². The highest BCUT2D eigenvalue weighted by molar-refractivity contribution is 7.98. The Morgan fingerprint density at radius 2 is 2.00 bits per heavy atom. The molecule has 2 N–H and O–H groups in total. The van der Waals surface area contributed by atoms with Gasteiger partial charge in [0.15, 0.2) is 5.16 Å². The Hall–Kier alpha value is -1.59. The van der Waals surface area contributed by atoms with Crippen LogP contribution >= 0.6 is 23.1 Å². The number of fused-ring (bicyclic) bond motifs is 3. The predicted octanol–water partition coefficient (Wildman–Crippen LogP) is 4.75. The fourth-order valence-electron chi connectivity index (χ4n) is 3.14. The summed E-state index contributed by atoms with van der Waals surface area (Å²) >= 11 is 3.48. The van der Waals surface area contributed by atoms with Crippen LogP contribution in [-0.2, 0) is 18.6 Å². The first-order valence-corrected chi connectivity index (χ1v) is 9.77. The minimum Gasteiger partial charge on any atom is -0.383 e. The fourth-order valence-corrected chi connectivity index (χ4v) is 5.40. The van der Waals surface area contributed by atoms with Crippen molar-refractivity contribution in [2.75, 3.05) is 5.73 Å². The molecule has 23 heavy (non-hydrogen) atoms. The lowest BCUT2D eigenvalue weighted by Crippen LogP contribution is -2.01. The maximum Gasteiger partial charge on any atom is 0.191 e. The van der Waals surface area contributed by atoms with Crippen LogP contribution < -0.4 is 5.73 Å². The number of hydrogen-bond donors (Lipinski definition) is 1. The lowest BCUT2D eigenvalue weighted by atomic mass is 9.97. The average molecular weight is 342 g/mol. The van der Waals surface area contributed by atoms with Crippen molar-refractivity contribution in [3.63, 3.8) is 0 Å². The van der Waals surface area contributed by atoms with Gasteiger partial charge < -0.3 is 5.73 Å². The van der Waals surface area contributed by atoms with Crippen LogP contribution in [0.4, 0.5) is 5.82 Å². The van der Waals surface area contributed by atoms with E-state index in [1.54, 1.807) is 11.8 Å². The van der Waals surface area contributed by atoms with Crippen molar-refractivity contribution in [2.24, 2.45) is 0 Å². The van der Waals surface area contributed by atoms with Crippen molar-refractivity contribution in [1.82, 2.24) is 9.97 Å². The fraction of sp³-hybridized carbons (Fsp3) is 0.333. The summed E-state index contributed by atoms with van der Waals surface area (Å²) in [4.78, 5) is 11.9. The van der Waals surface area contributed by atoms with Crippen LogP contribution in [0.2, 0.25) is 0 Å². The van der Waals surface area contributed by atoms with Crippen LogP contribution in [0.3, 0.4) is 0 Å². The van der Waals surface area contributed by atoms with Gasteiger partial charge in [0.2, 0.25) is 0 Å². The van der Waals surface area contributed by atoms with E-state index in [9.17, 15) is 0 Å². The first-order valence-electron chi connectivity index (χ1n) is 7.97. The molecule has 0 bridgehead atoms. The lowest BCUT2D eigenvalue weighted by molar-refractivity contribution is 0.700. The number of thioether (sulfide) groups is 1. The molecule has 0 saturated heterocycles. The maximum atomic E-state index is 6.27. The zero-order valence-corrected chi connectivity index (χ0v) is 14.8. The average Bonchev–Trinajstić information content (AvgIpc) is 2.93. The molecule has 3 nitrogen and oxygen atoms in total. The van der Waals surface area contributed by atoms with Gasteiger partial charge in [-0.15, -0.1) is 11.3 Å². The summed E-state index contributed by atoms with van der Waals surface area (Å²) in [7, 11) is 0. The summed E-state index contributed by atoms with van der Waals surface area (Å²) in [5.41, 5.74) is 10.3. The Bertz CT molecular complexity index is 870. The zero-order valence-electron chi connectivity index (χ0n) is 13.1. The number of nitrogens with zero attached hydrogens (tertiary/aromatic N) is 2. The summed E-state index contributed by atoms with van der Waals surface area (Å²) in [5, 5.41) is 1.90. The van der Waals surface area contributed by atoms with E-state index < -0.39 is 0 Å². The Labute approximate surface area is 144 Å². The summed E-state index contributed by atoms with van der Waals surface area (Å²) in [6.07, 6.45) is 4.82. The molecule has 0 atom stereocenters. The summed E-state index contributed by atoms with van der Waals surface area (Å²) in [6, 6.07) is 8.45. The van der Waals surface area contributed by atoms with Gasteiger partial charge in [-0.05, 0) is 49.3 Å². The molecule has 0 amide bonds. The summed E-state index contributed by atoms with van der Waals surface area (Å²) < 4.78 is 0. The van der Waals surface area contributed by atoms with Gasteiger partial charge in [0.05, 0.1) is 5.39 Å². The monoisotopic (exact) mass is 341 g/mol. The van der Waals surface area contributed by atoms with Gasteiger partial charge in [-0.3, -0.25) is 0 Å². The quantitative estimate of drug-likeness (QED) is 0.551. The minimum atomic E-state index is 0.654. The smallest absolute Gasteiger partial charge is 0.191 e. The van der Waals surface area contributed by atoms with E-state index in [4.69, 9.17) is 10.7 Å². The molecular formula is C18H19N3S2.